The molecular formula is C16H33N3O2. The summed E-state index contributed by atoms with van der Waals surface area (Å²) < 4.78 is 10.4. The topological polar surface area (TPSA) is 46.1 Å². The van der Waals surface area contributed by atoms with Gasteiger partial charge in [-0.05, 0) is 18.3 Å². The second-order valence-electron chi connectivity index (χ2n) is 5.65. The van der Waals surface area contributed by atoms with E-state index < -0.39 is 0 Å². The standard InChI is InChI=1S/C16H33N3O2/c1-5-14(6-2)15-7-9-19(13-15)16(17-3)18-8-10-21-12-11-20-4/h14-15H,5-13H2,1-4H3,(H,17,18). The van der Waals surface area contributed by atoms with Crippen LogP contribution in [0.1, 0.15) is 33.1 Å². The molecule has 5 nitrogen and oxygen atoms in total. The smallest absolute Gasteiger partial charge is 0.193 e. The number of hydrogen-bond donors (Lipinski definition) is 1. The van der Waals surface area contributed by atoms with Crippen LogP contribution in [-0.2, 0) is 9.47 Å². The lowest BCUT2D eigenvalue weighted by molar-refractivity contribution is 0.0731. The Morgan fingerprint density at radius 3 is 2.67 bits per heavy atom. The molecule has 0 aromatic heterocycles. The van der Waals surface area contributed by atoms with Gasteiger partial charge in [-0.25, -0.2) is 0 Å². The molecule has 1 fully saturated rings. The maximum atomic E-state index is 5.46. The van der Waals surface area contributed by atoms with Gasteiger partial charge in [-0.3, -0.25) is 4.99 Å². The van der Waals surface area contributed by atoms with Crippen molar-refractivity contribution >= 4 is 5.96 Å². The SMILES string of the molecule is CCC(CC)C1CCN(C(=NC)NCCOCCOC)C1. The Hall–Kier alpha value is -0.810. The van der Waals surface area contributed by atoms with Crippen molar-refractivity contribution < 1.29 is 9.47 Å². The fraction of sp³-hybridized carbons (Fsp3) is 0.938. The number of hydrogen-bond acceptors (Lipinski definition) is 3. The highest BCUT2D eigenvalue weighted by Gasteiger charge is 2.29. The second kappa shape index (κ2) is 10.9. The molecule has 5 heteroatoms. The van der Waals surface area contributed by atoms with Gasteiger partial charge in [-0.2, -0.15) is 0 Å². The van der Waals surface area contributed by atoms with Crippen molar-refractivity contribution in [3.63, 3.8) is 0 Å². The molecule has 0 aromatic rings. The fourth-order valence-electron chi connectivity index (χ4n) is 3.13. The number of likely N-dealkylation sites (tertiary alicyclic amines) is 1. The van der Waals surface area contributed by atoms with Gasteiger partial charge in [-0.15, -0.1) is 0 Å². The molecule has 0 aromatic carbocycles. The summed E-state index contributed by atoms with van der Waals surface area (Å²) in [6, 6.07) is 0. The summed E-state index contributed by atoms with van der Waals surface area (Å²) in [5.74, 6) is 2.68. The first kappa shape index (κ1) is 18.2. The van der Waals surface area contributed by atoms with E-state index in [1.807, 2.05) is 7.05 Å². The molecule has 1 aliphatic rings. The maximum absolute atomic E-state index is 5.46. The molecule has 1 rings (SSSR count). The largest absolute Gasteiger partial charge is 0.382 e. The Morgan fingerprint density at radius 1 is 1.29 bits per heavy atom. The monoisotopic (exact) mass is 299 g/mol. The minimum atomic E-state index is 0.650. The molecule has 1 aliphatic heterocycles. The zero-order valence-corrected chi connectivity index (χ0v) is 14.2. The van der Waals surface area contributed by atoms with Gasteiger partial charge >= 0.3 is 0 Å². The van der Waals surface area contributed by atoms with E-state index in [2.05, 4.69) is 29.1 Å². The van der Waals surface area contributed by atoms with Crippen LogP contribution in [0, 0.1) is 11.8 Å². The van der Waals surface area contributed by atoms with E-state index in [-0.39, 0.29) is 0 Å². The number of nitrogens with one attached hydrogen (secondary N) is 1. The molecule has 1 N–H and O–H groups in total. The average molecular weight is 299 g/mol. The summed E-state index contributed by atoms with van der Waals surface area (Å²) in [5, 5.41) is 3.39. The van der Waals surface area contributed by atoms with Crippen molar-refractivity contribution in [1.82, 2.24) is 10.2 Å². The Morgan fingerprint density at radius 2 is 2.05 bits per heavy atom. The molecule has 1 saturated heterocycles. The molecule has 0 bridgehead atoms. The molecule has 0 aliphatic carbocycles. The van der Waals surface area contributed by atoms with Crippen LogP contribution in [-0.4, -0.2) is 64.5 Å². The summed E-state index contributed by atoms with van der Waals surface area (Å²) in [4.78, 5) is 6.79. The zero-order chi connectivity index (χ0) is 15.5. The maximum Gasteiger partial charge on any atom is 0.193 e. The van der Waals surface area contributed by atoms with Crippen LogP contribution in [0.3, 0.4) is 0 Å². The van der Waals surface area contributed by atoms with E-state index in [9.17, 15) is 0 Å². The second-order valence-corrected chi connectivity index (χ2v) is 5.65. The minimum absolute atomic E-state index is 0.650. The van der Waals surface area contributed by atoms with Gasteiger partial charge in [0, 0.05) is 33.8 Å². The Labute approximate surface area is 130 Å². The number of ether oxygens (including phenoxy) is 2. The van der Waals surface area contributed by atoms with E-state index in [1.54, 1.807) is 7.11 Å². The minimum Gasteiger partial charge on any atom is -0.382 e. The number of nitrogens with zero attached hydrogens (tertiary/aromatic N) is 2. The van der Waals surface area contributed by atoms with Crippen molar-refractivity contribution in [3.8, 4) is 0 Å². The molecule has 0 radical (unpaired) electrons. The molecule has 1 heterocycles. The number of methoxy groups -OCH3 is 1. The van der Waals surface area contributed by atoms with Crippen LogP contribution in [0.15, 0.2) is 4.99 Å². The van der Waals surface area contributed by atoms with Crippen LogP contribution in [0.2, 0.25) is 0 Å². The third-order valence-corrected chi connectivity index (χ3v) is 4.41. The Balaban J connectivity index is 2.27. The van der Waals surface area contributed by atoms with E-state index in [0.29, 0.717) is 19.8 Å². The van der Waals surface area contributed by atoms with Gasteiger partial charge < -0.3 is 19.7 Å². The Bertz CT molecular complexity index is 293. The summed E-state index contributed by atoms with van der Waals surface area (Å²) in [6.45, 7) is 9.65. The molecule has 21 heavy (non-hydrogen) atoms. The predicted molar refractivity (Wildman–Crippen MR) is 87.8 cm³/mol. The third kappa shape index (κ3) is 6.22. The lowest BCUT2D eigenvalue weighted by atomic mass is 9.87. The van der Waals surface area contributed by atoms with Gasteiger partial charge in [0.2, 0.25) is 0 Å². The van der Waals surface area contributed by atoms with Crippen LogP contribution >= 0.6 is 0 Å². The first-order valence-corrected chi connectivity index (χ1v) is 8.29. The van der Waals surface area contributed by atoms with Crippen LogP contribution in [0.25, 0.3) is 0 Å². The quantitative estimate of drug-likeness (QED) is 0.402. The van der Waals surface area contributed by atoms with Gasteiger partial charge in [-0.1, -0.05) is 26.7 Å². The molecule has 0 saturated carbocycles. The lowest BCUT2D eigenvalue weighted by Gasteiger charge is -2.24. The summed E-state index contributed by atoms with van der Waals surface area (Å²) in [5.41, 5.74) is 0. The molecular weight excluding hydrogens is 266 g/mol. The van der Waals surface area contributed by atoms with E-state index in [0.717, 1.165) is 37.4 Å². The molecule has 124 valence electrons. The normalized spacial score (nSPS) is 19.6. The summed E-state index contributed by atoms with van der Waals surface area (Å²) >= 11 is 0. The highest BCUT2D eigenvalue weighted by atomic mass is 16.5. The third-order valence-electron chi connectivity index (χ3n) is 4.41. The van der Waals surface area contributed by atoms with E-state index >= 15 is 0 Å². The fourth-order valence-corrected chi connectivity index (χ4v) is 3.13. The van der Waals surface area contributed by atoms with Gasteiger partial charge in [0.1, 0.15) is 0 Å². The number of rotatable bonds is 9. The highest BCUT2D eigenvalue weighted by Crippen LogP contribution is 2.28. The lowest BCUT2D eigenvalue weighted by Crippen LogP contribution is -2.41. The first-order chi connectivity index (χ1) is 10.3. The van der Waals surface area contributed by atoms with Crippen LogP contribution in [0.4, 0.5) is 0 Å². The van der Waals surface area contributed by atoms with Crippen LogP contribution in [0.5, 0.6) is 0 Å². The highest BCUT2D eigenvalue weighted by molar-refractivity contribution is 5.80. The predicted octanol–water partition coefficient (Wildman–Crippen LogP) is 1.98. The average Bonchev–Trinajstić information content (AvgIpc) is 2.97. The van der Waals surface area contributed by atoms with E-state index in [1.165, 1.54) is 19.3 Å². The first-order valence-electron chi connectivity index (χ1n) is 8.29. The van der Waals surface area contributed by atoms with Gasteiger partial charge in [0.25, 0.3) is 0 Å². The van der Waals surface area contributed by atoms with Gasteiger partial charge in [0.05, 0.1) is 19.8 Å². The van der Waals surface area contributed by atoms with Crippen LogP contribution < -0.4 is 5.32 Å². The molecule has 1 atom stereocenters. The van der Waals surface area contributed by atoms with Crippen molar-refractivity contribution in [2.24, 2.45) is 16.8 Å². The van der Waals surface area contributed by atoms with Crippen molar-refractivity contribution in [3.05, 3.63) is 0 Å². The number of aliphatic imine (C=N–C) groups is 1. The zero-order valence-electron chi connectivity index (χ0n) is 14.2. The van der Waals surface area contributed by atoms with Gasteiger partial charge in [0.15, 0.2) is 5.96 Å². The summed E-state index contributed by atoms with van der Waals surface area (Å²) in [7, 11) is 3.55. The molecule has 1 unspecified atom stereocenters. The number of guanidine groups is 1. The van der Waals surface area contributed by atoms with E-state index in [4.69, 9.17) is 9.47 Å². The van der Waals surface area contributed by atoms with Crippen molar-refractivity contribution in [2.45, 2.75) is 33.1 Å². The summed E-state index contributed by atoms with van der Waals surface area (Å²) in [6.07, 6.45) is 3.86. The molecule has 0 amide bonds. The van der Waals surface area contributed by atoms with Crippen molar-refractivity contribution in [2.75, 3.05) is 53.6 Å². The Kier molecular flexibility index (Phi) is 9.42. The van der Waals surface area contributed by atoms with Crippen molar-refractivity contribution in [1.29, 1.82) is 0 Å². The molecule has 0 spiro atoms.